The number of non-ortho nitro benzene ring substituents is 1. The number of carbonyl (C=O) groups excluding carboxylic acids is 1. The summed E-state index contributed by atoms with van der Waals surface area (Å²) < 4.78 is 0. The van der Waals surface area contributed by atoms with E-state index in [-0.39, 0.29) is 11.6 Å². The van der Waals surface area contributed by atoms with Gasteiger partial charge >= 0.3 is 0 Å². The maximum absolute atomic E-state index is 11.7. The number of rotatable bonds is 5. The first-order valence-corrected chi connectivity index (χ1v) is 6.80. The molecule has 0 saturated carbocycles. The molecule has 1 amide bonds. The van der Waals surface area contributed by atoms with Crippen LogP contribution in [0.5, 0.6) is 0 Å². The van der Waals surface area contributed by atoms with Crippen LogP contribution in [0.2, 0.25) is 0 Å². The molecule has 2 rings (SSSR count). The number of carbonyl (C=O) groups is 1. The summed E-state index contributed by atoms with van der Waals surface area (Å²) in [6.07, 6.45) is 3.03. The summed E-state index contributed by atoms with van der Waals surface area (Å²) in [4.78, 5) is 21.8. The highest BCUT2D eigenvalue weighted by atomic mass is 16.6. The smallest absolute Gasteiger partial charge is 0.269 e. The van der Waals surface area contributed by atoms with E-state index < -0.39 is 4.92 Å². The minimum absolute atomic E-state index is 0.0287. The zero-order valence-corrected chi connectivity index (χ0v) is 12.2. The maximum Gasteiger partial charge on any atom is 0.269 e. The van der Waals surface area contributed by atoms with Crippen molar-refractivity contribution in [1.29, 1.82) is 0 Å². The minimum Gasteiger partial charge on any atom is -0.348 e. The van der Waals surface area contributed by atoms with Gasteiger partial charge in [-0.05, 0) is 36.3 Å². The number of nitrogens with one attached hydrogen (secondary N) is 1. The number of nitro benzene ring substituents is 1. The van der Waals surface area contributed by atoms with E-state index in [1.165, 1.54) is 23.8 Å². The fourth-order valence-electron chi connectivity index (χ4n) is 1.83. The van der Waals surface area contributed by atoms with Crippen LogP contribution in [-0.2, 0) is 11.3 Å². The van der Waals surface area contributed by atoms with E-state index in [2.05, 4.69) is 5.32 Å². The molecule has 0 atom stereocenters. The molecule has 0 aliphatic carbocycles. The van der Waals surface area contributed by atoms with Gasteiger partial charge in [-0.25, -0.2) is 0 Å². The first-order valence-electron chi connectivity index (χ1n) is 6.80. The standard InChI is InChI=1S/C17H16N2O3/c1-13-2-4-15(5-3-13)12-18-17(20)11-8-14-6-9-16(10-7-14)19(21)22/h2-11H,12H2,1H3,(H,18,20). The van der Waals surface area contributed by atoms with Crippen molar-refractivity contribution in [3.05, 3.63) is 81.4 Å². The summed E-state index contributed by atoms with van der Waals surface area (Å²) in [5.74, 6) is -0.209. The predicted octanol–water partition coefficient (Wildman–Crippen LogP) is 3.23. The topological polar surface area (TPSA) is 72.2 Å². The van der Waals surface area contributed by atoms with Gasteiger partial charge in [0, 0.05) is 24.8 Å². The lowest BCUT2D eigenvalue weighted by atomic mass is 10.1. The first kappa shape index (κ1) is 15.4. The number of nitrogens with zero attached hydrogens (tertiary/aromatic N) is 1. The van der Waals surface area contributed by atoms with Gasteiger partial charge in [0.25, 0.3) is 5.69 Å². The molecule has 0 radical (unpaired) electrons. The van der Waals surface area contributed by atoms with Gasteiger partial charge in [0.2, 0.25) is 5.91 Å². The van der Waals surface area contributed by atoms with Gasteiger partial charge in [0.05, 0.1) is 4.92 Å². The summed E-state index contributed by atoms with van der Waals surface area (Å²) in [6, 6.07) is 13.9. The Bertz CT molecular complexity index is 689. The van der Waals surface area contributed by atoms with Crippen molar-refractivity contribution in [2.24, 2.45) is 0 Å². The second-order valence-electron chi connectivity index (χ2n) is 4.89. The highest BCUT2D eigenvalue weighted by Gasteiger charge is 2.02. The molecule has 0 aliphatic heterocycles. The second-order valence-corrected chi connectivity index (χ2v) is 4.89. The van der Waals surface area contributed by atoms with E-state index in [0.717, 1.165) is 11.1 Å². The van der Waals surface area contributed by atoms with Crippen molar-refractivity contribution in [3.63, 3.8) is 0 Å². The van der Waals surface area contributed by atoms with E-state index in [9.17, 15) is 14.9 Å². The van der Waals surface area contributed by atoms with E-state index >= 15 is 0 Å². The number of aryl methyl sites for hydroxylation is 1. The van der Waals surface area contributed by atoms with Crippen LogP contribution >= 0.6 is 0 Å². The SMILES string of the molecule is Cc1ccc(CNC(=O)C=Cc2ccc([N+](=O)[O-])cc2)cc1. The molecule has 5 heteroatoms. The average Bonchev–Trinajstić information content (AvgIpc) is 2.52. The van der Waals surface area contributed by atoms with Crippen LogP contribution in [0.4, 0.5) is 5.69 Å². The zero-order chi connectivity index (χ0) is 15.9. The predicted molar refractivity (Wildman–Crippen MR) is 85.2 cm³/mol. The highest BCUT2D eigenvalue weighted by molar-refractivity contribution is 5.91. The van der Waals surface area contributed by atoms with E-state index in [4.69, 9.17) is 0 Å². The molecule has 112 valence electrons. The third-order valence-electron chi connectivity index (χ3n) is 3.12. The van der Waals surface area contributed by atoms with Crippen LogP contribution in [0, 0.1) is 17.0 Å². The van der Waals surface area contributed by atoms with Crippen LogP contribution < -0.4 is 5.32 Å². The Morgan fingerprint density at radius 3 is 2.36 bits per heavy atom. The van der Waals surface area contributed by atoms with Gasteiger partial charge in [0.1, 0.15) is 0 Å². The third kappa shape index (κ3) is 4.56. The van der Waals surface area contributed by atoms with Crippen LogP contribution in [0.3, 0.4) is 0 Å². The van der Waals surface area contributed by atoms with E-state index in [1.807, 2.05) is 31.2 Å². The van der Waals surface area contributed by atoms with Gasteiger partial charge in [-0.15, -0.1) is 0 Å². The fraction of sp³-hybridized carbons (Fsp3) is 0.118. The number of benzene rings is 2. The van der Waals surface area contributed by atoms with Crippen LogP contribution in [-0.4, -0.2) is 10.8 Å². The lowest BCUT2D eigenvalue weighted by Crippen LogP contribution is -2.20. The summed E-state index contributed by atoms with van der Waals surface area (Å²) in [5, 5.41) is 13.3. The Morgan fingerprint density at radius 2 is 1.77 bits per heavy atom. The van der Waals surface area contributed by atoms with Crippen LogP contribution in [0.25, 0.3) is 6.08 Å². The Balaban J connectivity index is 1.88. The Morgan fingerprint density at radius 1 is 1.14 bits per heavy atom. The van der Waals surface area contributed by atoms with Crippen molar-refractivity contribution in [2.75, 3.05) is 0 Å². The molecular weight excluding hydrogens is 280 g/mol. The Labute approximate surface area is 128 Å². The molecule has 1 N–H and O–H groups in total. The second kappa shape index (κ2) is 7.17. The largest absolute Gasteiger partial charge is 0.348 e. The molecule has 0 spiro atoms. The molecule has 2 aromatic rings. The molecule has 0 heterocycles. The maximum atomic E-state index is 11.7. The van der Waals surface area contributed by atoms with Crippen LogP contribution in [0.1, 0.15) is 16.7 Å². The summed E-state index contributed by atoms with van der Waals surface area (Å²) in [7, 11) is 0. The molecule has 2 aromatic carbocycles. The molecule has 0 saturated heterocycles. The minimum atomic E-state index is -0.457. The van der Waals surface area contributed by atoms with Crippen molar-refractivity contribution < 1.29 is 9.72 Å². The third-order valence-corrected chi connectivity index (χ3v) is 3.12. The van der Waals surface area contributed by atoms with Crippen molar-refractivity contribution >= 4 is 17.7 Å². The van der Waals surface area contributed by atoms with Gasteiger partial charge < -0.3 is 5.32 Å². The lowest BCUT2D eigenvalue weighted by molar-refractivity contribution is -0.384. The Hall–Kier alpha value is -2.95. The number of hydrogen-bond donors (Lipinski definition) is 1. The molecular formula is C17H16N2O3. The quantitative estimate of drug-likeness (QED) is 0.523. The normalized spacial score (nSPS) is 10.6. The number of nitro groups is 1. The van der Waals surface area contributed by atoms with Crippen molar-refractivity contribution in [3.8, 4) is 0 Å². The monoisotopic (exact) mass is 296 g/mol. The van der Waals surface area contributed by atoms with Gasteiger partial charge in [-0.1, -0.05) is 29.8 Å². The Kier molecular flexibility index (Phi) is 5.03. The molecule has 22 heavy (non-hydrogen) atoms. The first-order chi connectivity index (χ1) is 10.5. The van der Waals surface area contributed by atoms with Crippen LogP contribution in [0.15, 0.2) is 54.6 Å². The number of amides is 1. The zero-order valence-electron chi connectivity index (χ0n) is 12.2. The molecule has 5 nitrogen and oxygen atoms in total. The molecule has 0 unspecified atom stereocenters. The summed E-state index contributed by atoms with van der Waals surface area (Å²) in [5.41, 5.74) is 2.97. The average molecular weight is 296 g/mol. The summed E-state index contributed by atoms with van der Waals surface area (Å²) in [6.45, 7) is 2.47. The fourth-order valence-corrected chi connectivity index (χ4v) is 1.83. The van der Waals surface area contributed by atoms with Gasteiger partial charge in [-0.2, -0.15) is 0 Å². The molecule has 0 bridgehead atoms. The molecule has 0 fully saturated rings. The van der Waals surface area contributed by atoms with Crippen molar-refractivity contribution in [1.82, 2.24) is 5.32 Å². The van der Waals surface area contributed by atoms with Gasteiger partial charge in [-0.3, -0.25) is 14.9 Å². The van der Waals surface area contributed by atoms with Crippen molar-refractivity contribution in [2.45, 2.75) is 13.5 Å². The van der Waals surface area contributed by atoms with Gasteiger partial charge in [0.15, 0.2) is 0 Å². The number of hydrogen-bond acceptors (Lipinski definition) is 3. The lowest BCUT2D eigenvalue weighted by Gasteiger charge is -2.03. The highest BCUT2D eigenvalue weighted by Crippen LogP contribution is 2.12. The van der Waals surface area contributed by atoms with E-state index in [0.29, 0.717) is 6.54 Å². The summed E-state index contributed by atoms with van der Waals surface area (Å²) >= 11 is 0. The molecule has 0 aliphatic rings. The molecule has 0 aromatic heterocycles. The van der Waals surface area contributed by atoms with E-state index in [1.54, 1.807) is 18.2 Å².